The van der Waals surface area contributed by atoms with Gasteiger partial charge in [-0.3, -0.25) is 4.79 Å². The summed E-state index contributed by atoms with van der Waals surface area (Å²) in [5.74, 6) is -3.72. The number of ether oxygens (including phenoxy) is 1. The lowest BCUT2D eigenvalue weighted by Crippen LogP contribution is -2.20. The Morgan fingerprint density at radius 2 is 2.04 bits per heavy atom. The fraction of sp³-hybridized carbons (Fsp3) is 0.176. The Bertz CT molecular complexity index is 906. The third-order valence-electron chi connectivity index (χ3n) is 3.71. The van der Waals surface area contributed by atoms with Gasteiger partial charge >= 0.3 is 0 Å². The Morgan fingerprint density at radius 1 is 1.27 bits per heavy atom. The van der Waals surface area contributed by atoms with E-state index in [4.69, 9.17) is 38.5 Å². The average molecular weight is 401 g/mol. The summed E-state index contributed by atoms with van der Waals surface area (Å²) in [6.07, 6.45) is -0.0929. The third kappa shape index (κ3) is 3.73. The number of amides is 1. The highest BCUT2D eigenvalue weighted by atomic mass is 35.5. The van der Waals surface area contributed by atoms with Crippen LogP contribution in [0.1, 0.15) is 22.3 Å². The molecule has 1 aliphatic rings. The van der Waals surface area contributed by atoms with E-state index in [9.17, 15) is 13.6 Å². The van der Waals surface area contributed by atoms with Gasteiger partial charge in [-0.25, -0.2) is 8.78 Å². The molecule has 0 radical (unpaired) electrons. The molecule has 5 nitrogen and oxygen atoms in total. The normalized spacial score (nSPS) is 16.2. The van der Waals surface area contributed by atoms with Crippen LogP contribution >= 0.6 is 23.2 Å². The smallest absolute Gasteiger partial charge is 0.254 e. The zero-order valence-electron chi connectivity index (χ0n) is 13.1. The molecule has 0 spiro atoms. The number of hydrogen-bond acceptors (Lipinski definition) is 4. The van der Waals surface area contributed by atoms with Gasteiger partial charge in [-0.15, -0.1) is 0 Å². The highest BCUT2D eigenvalue weighted by Crippen LogP contribution is 2.27. The van der Waals surface area contributed by atoms with Crippen molar-refractivity contribution in [2.24, 2.45) is 10.9 Å². The number of benzene rings is 2. The molecule has 0 saturated heterocycles. The van der Waals surface area contributed by atoms with E-state index in [1.54, 1.807) is 18.2 Å². The maximum atomic E-state index is 14.1. The molecule has 0 aliphatic carbocycles. The van der Waals surface area contributed by atoms with Gasteiger partial charge < -0.3 is 15.3 Å². The minimum atomic E-state index is -1.21. The van der Waals surface area contributed by atoms with Crippen LogP contribution in [-0.4, -0.2) is 24.3 Å². The molecule has 136 valence electrons. The molecule has 1 unspecified atom stereocenters. The third-order valence-corrected chi connectivity index (χ3v) is 4.45. The fourth-order valence-electron chi connectivity index (χ4n) is 2.42. The first-order valence-corrected chi connectivity index (χ1v) is 8.21. The van der Waals surface area contributed by atoms with Crippen LogP contribution in [0.3, 0.4) is 0 Å². The minimum Gasteiger partial charge on any atom is -0.486 e. The van der Waals surface area contributed by atoms with E-state index in [1.165, 1.54) is 0 Å². The highest BCUT2D eigenvalue weighted by Gasteiger charge is 2.25. The van der Waals surface area contributed by atoms with Crippen LogP contribution in [0, 0.1) is 11.6 Å². The van der Waals surface area contributed by atoms with Crippen molar-refractivity contribution in [3.05, 3.63) is 63.1 Å². The lowest BCUT2D eigenvalue weighted by Gasteiger charge is -2.12. The number of oxime groups is 1. The van der Waals surface area contributed by atoms with Crippen molar-refractivity contribution in [3.8, 4) is 5.75 Å². The molecular weight excluding hydrogens is 389 g/mol. The molecular formula is C17H12Cl2F2N2O3. The van der Waals surface area contributed by atoms with Crippen molar-refractivity contribution in [3.63, 3.8) is 0 Å². The van der Waals surface area contributed by atoms with Gasteiger partial charge in [0.1, 0.15) is 18.0 Å². The van der Waals surface area contributed by atoms with E-state index < -0.39 is 29.2 Å². The monoisotopic (exact) mass is 400 g/mol. The first-order chi connectivity index (χ1) is 12.4. The van der Waals surface area contributed by atoms with Crippen LogP contribution in [0.2, 0.25) is 10.0 Å². The second kappa shape index (κ2) is 7.47. The van der Waals surface area contributed by atoms with Gasteiger partial charge in [0, 0.05) is 12.0 Å². The lowest BCUT2D eigenvalue weighted by molar-refractivity contribution is 0.0458. The summed E-state index contributed by atoms with van der Waals surface area (Å²) < 4.78 is 32.9. The van der Waals surface area contributed by atoms with E-state index in [1.807, 2.05) is 0 Å². The van der Waals surface area contributed by atoms with Gasteiger partial charge in [-0.2, -0.15) is 0 Å². The fourth-order valence-corrected chi connectivity index (χ4v) is 2.72. The van der Waals surface area contributed by atoms with Crippen LogP contribution < -0.4 is 10.5 Å². The standard InChI is InChI=1S/C17H12Cl2F2N2O3/c18-10-2-1-8(5-11(10)19)13-6-9(26-23-13)7-25-14-4-3-12(20)15(16(14)21)17(22)24/h1-5,9H,6-7H2,(H2,22,24). The van der Waals surface area contributed by atoms with Crippen molar-refractivity contribution >= 4 is 34.8 Å². The topological polar surface area (TPSA) is 73.9 Å². The van der Waals surface area contributed by atoms with Gasteiger partial charge in [-0.05, 0) is 24.3 Å². The Labute approximate surface area is 157 Å². The Hall–Kier alpha value is -2.38. The molecule has 2 aromatic rings. The van der Waals surface area contributed by atoms with Gasteiger partial charge in [0.25, 0.3) is 5.91 Å². The summed E-state index contributed by atoms with van der Waals surface area (Å²) in [6.45, 7) is -0.0604. The molecule has 1 amide bonds. The first kappa shape index (κ1) is 18.4. The maximum Gasteiger partial charge on any atom is 0.254 e. The van der Waals surface area contributed by atoms with E-state index >= 15 is 0 Å². The van der Waals surface area contributed by atoms with Crippen molar-refractivity contribution < 1.29 is 23.1 Å². The molecule has 2 N–H and O–H groups in total. The number of primary amides is 1. The number of nitrogens with two attached hydrogens (primary N) is 1. The van der Waals surface area contributed by atoms with Crippen LogP contribution in [0.4, 0.5) is 8.78 Å². The maximum absolute atomic E-state index is 14.1. The van der Waals surface area contributed by atoms with Crippen molar-refractivity contribution in [1.82, 2.24) is 0 Å². The molecule has 3 rings (SSSR count). The first-order valence-electron chi connectivity index (χ1n) is 7.45. The van der Waals surface area contributed by atoms with E-state index in [0.29, 0.717) is 22.2 Å². The Kier molecular flexibility index (Phi) is 5.29. The molecule has 0 aromatic heterocycles. The second-order valence-electron chi connectivity index (χ2n) is 5.51. The number of hydrogen-bond donors (Lipinski definition) is 1. The van der Waals surface area contributed by atoms with Crippen LogP contribution in [-0.2, 0) is 4.84 Å². The zero-order valence-corrected chi connectivity index (χ0v) is 14.7. The molecule has 1 aliphatic heterocycles. The van der Waals surface area contributed by atoms with Crippen molar-refractivity contribution in [2.75, 3.05) is 6.61 Å². The van der Waals surface area contributed by atoms with Gasteiger partial charge in [0.05, 0.1) is 15.8 Å². The lowest BCUT2D eigenvalue weighted by atomic mass is 10.1. The average Bonchev–Trinajstić information content (AvgIpc) is 3.05. The van der Waals surface area contributed by atoms with Crippen molar-refractivity contribution in [2.45, 2.75) is 12.5 Å². The van der Waals surface area contributed by atoms with Gasteiger partial charge in [0.2, 0.25) is 0 Å². The summed E-state index contributed by atoms with van der Waals surface area (Å²) in [4.78, 5) is 16.4. The number of nitrogens with zero attached hydrogens (tertiary/aromatic N) is 1. The molecule has 1 heterocycles. The summed E-state index contributed by atoms with van der Waals surface area (Å²) in [6, 6.07) is 7.04. The summed E-state index contributed by atoms with van der Waals surface area (Å²) in [5, 5.41) is 4.77. The predicted octanol–water partition coefficient (Wildman–Crippen LogP) is 3.94. The zero-order chi connectivity index (χ0) is 18.8. The van der Waals surface area contributed by atoms with Crippen LogP contribution in [0.15, 0.2) is 35.5 Å². The minimum absolute atomic E-state index is 0.0604. The van der Waals surface area contributed by atoms with Crippen molar-refractivity contribution in [1.29, 1.82) is 0 Å². The molecule has 9 heteroatoms. The second-order valence-corrected chi connectivity index (χ2v) is 6.32. The molecule has 0 saturated carbocycles. The summed E-state index contributed by atoms with van der Waals surface area (Å²) >= 11 is 11.9. The number of carbonyl (C=O) groups is 1. The number of rotatable bonds is 5. The van der Waals surface area contributed by atoms with Crippen LogP contribution in [0.25, 0.3) is 0 Å². The Balaban J connectivity index is 1.65. The van der Waals surface area contributed by atoms with Crippen LogP contribution in [0.5, 0.6) is 5.75 Å². The number of carbonyl (C=O) groups excluding carboxylic acids is 1. The van der Waals surface area contributed by atoms with E-state index in [2.05, 4.69) is 5.16 Å². The highest BCUT2D eigenvalue weighted by molar-refractivity contribution is 6.42. The molecule has 2 aromatic carbocycles. The molecule has 1 atom stereocenters. The van der Waals surface area contributed by atoms with E-state index in [0.717, 1.165) is 17.7 Å². The summed E-state index contributed by atoms with van der Waals surface area (Å²) in [5.41, 5.74) is 5.50. The predicted molar refractivity (Wildman–Crippen MR) is 92.9 cm³/mol. The van der Waals surface area contributed by atoms with E-state index in [-0.39, 0.29) is 12.4 Å². The largest absolute Gasteiger partial charge is 0.486 e. The summed E-state index contributed by atoms with van der Waals surface area (Å²) in [7, 11) is 0. The molecule has 0 fully saturated rings. The van der Waals surface area contributed by atoms with Gasteiger partial charge in [0.15, 0.2) is 17.7 Å². The molecule has 26 heavy (non-hydrogen) atoms. The molecule has 0 bridgehead atoms. The van der Waals surface area contributed by atoms with Gasteiger partial charge in [-0.1, -0.05) is 34.4 Å². The SMILES string of the molecule is NC(=O)c1c(F)ccc(OCC2CC(c3ccc(Cl)c(Cl)c3)=NO2)c1F. The number of halogens is 4. The Morgan fingerprint density at radius 3 is 2.73 bits per heavy atom. The quantitative estimate of drug-likeness (QED) is 0.825.